The van der Waals surface area contributed by atoms with Gasteiger partial charge in [0.15, 0.2) is 11.0 Å². The lowest BCUT2D eigenvalue weighted by atomic mass is 10.0. The molecule has 1 aromatic heterocycles. The first-order chi connectivity index (χ1) is 14.2. The highest BCUT2D eigenvalue weighted by Gasteiger charge is 2.16. The summed E-state index contributed by atoms with van der Waals surface area (Å²) in [5, 5.41) is 9.85. The van der Waals surface area contributed by atoms with Crippen LogP contribution in [0.4, 0.5) is 0 Å². The molecule has 0 aliphatic carbocycles. The molecule has 0 unspecified atom stereocenters. The Bertz CT molecular complexity index is 946. The highest BCUT2D eigenvalue weighted by Crippen LogP contribution is 2.29. The molecule has 1 fully saturated rings. The molecule has 3 aromatic rings. The summed E-state index contributed by atoms with van der Waals surface area (Å²) >= 11 is 1.62. The van der Waals surface area contributed by atoms with Crippen LogP contribution in [0, 0.1) is 0 Å². The van der Waals surface area contributed by atoms with Crippen molar-refractivity contribution < 1.29 is 4.74 Å². The highest BCUT2D eigenvalue weighted by atomic mass is 32.2. The lowest BCUT2D eigenvalue weighted by molar-refractivity contribution is 0.0342. The van der Waals surface area contributed by atoms with Crippen LogP contribution in [0.1, 0.15) is 30.9 Å². The molecule has 152 valence electrons. The second kappa shape index (κ2) is 9.11. The summed E-state index contributed by atoms with van der Waals surface area (Å²) in [6, 6.07) is 17.4. The van der Waals surface area contributed by atoms with Crippen molar-refractivity contribution in [2.45, 2.75) is 31.5 Å². The van der Waals surface area contributed by atoms with E-state index in [0.717, 1.165) is 55.1 Å². The first-order valence-corrected chi connectivity index (χ1v) is 11.4. The van der Waals surface area contributed by atoms with Gasteiger partial charge in [-0.1, -0.05) is 55.9 Å². The van der Waals surface area contributed by atoms with Crippen LogP contribution in [-0.2, 0) is 11.3 Å². The molecule has 0 saturated carbocycles. The first-order valence-electron chi connectivity index (χ1n) is 10.1. The number of benzene rings is 2. The zero-order valence-electron chi connectivity index (χ0n) is 17.3. The molecular weight excluding hydrogens is 380 g/mol. The maximum absolute atomic E-state index is 5.45. The Morgan fingerprint density at radius 3 is 2.48 bits per heavy atom. The van der Waals surface area contributed by atoms with E-state index in [9.17, 15) is 0 Å². The third kappa shape index (κ3) is 4.55. The molecule has 1 aliphatic heterocycles. The van der Waals surface area contributed by atoms with Gasteiger partial charge in [0.05, 0.1) is 13.2 Å². The van der Waals surface area contributed by atoms with Crippen molar-refractivity contribution in [2.75, 3.05) is 32.6 Å². The molecular formula is C23H28N4OS. The number of morpholine rings is 1. The fraction of sp³-hybridized carbons (Fsp3) is 0.391. The Balaban J connectivity index is 1.64. The van der Waals surface area contributed by atoms with Gasteiger partial charge in [-0.25, -0.2) is 0 Å². The van der Waals surface area contributed by atoms with Gasteiger partial charge >= 0.3 is 0 Å². The lowest BCUT2D eigenvalue weighted by Gasteiger charge is -2.26. The van der Waals surface area contributed by atoms with E-state index in [1.807, 2.05) is 6.26 Å². The minimum atomic E-state index is 0.478. The van der Waals surface area contributed by atoms with Crippen LogP contribution >= 0.6 is 11.8 Å². The van der Waals surface area contributed by atoms with Gasteiger partial charge < -0.3 is 4.74 Å². The van der Waals surface area contributed by atoms with E-state index in [1.165, 1.54) is 11.1 Å². The minimum absolute atomic E-state index is 0.478. The van der Waals surface area contributed by atoms with E-state index in [0.29, 0.717) is 5.92 Å². The van der Waals surface area contributed by atoms with Gasteiger partial charge in [-0.3, -0.25) is 9.47 Å². The van der Waals surface area contributed by atoms with Crippen molar-refractivity contribution in [3.63, 3.8) is 0 Å². The predicted molar refractivity (Wildman–Crippen MR) is 119 cm³/mol. The molecule has 29 heavy (non-hydrogen) atoms. The second-order valence-corrected chi connectivity index (χ2v) is 8.45. The molecule has 5 nitrogen and oxygen atoms in total. The summed E-state index contributed by atoms with van der Waals surface area (Å²) in [4.78, 5) is 2.44. The molecule has 2 heterocycles. The second-order valence-electron chi connectivity index (χ2n) is 7.68. The fourth-order valence-corrected chi connectivity index (χ4v) is 4.12. The Morgan fingerprint density at radius 2 is 1.79 bits per heavy atom. The Labute approximate surface area is 177 Å². The number of ether oxygens (including phenoxy) is 1. The number of nitrogens with zero attached hydrogens (tertiary/aromatic N) is 4. The van der Waals surface area contributed by atoms with Crippen molar-refractivity contribution in [2.24, 2.45) is 0 Å². The third-order valence-electron chi connectivity index (χ3n) is 5.33. The average molecular weight is 409 g/mol. The zero-order chi connectivity index (χ0) is 20.2. The molecule has 1 saturated heterocycles. The van der Waals surface area contributed by atoms with Crippen LogP contribution in [0.3, 0.4) is 0 Å². The van der Waals surface area contributed by atoms with E-state index in [1.54, 1.807) is 11.8 Å². The minimum Gasteiger partial charge on any atom is -0.379 e. The van der Waals surface area contributed by atoms with Crippen LogP contribution in [0.2, 0.25) is 0 Å². The summed E-state index contributed by atoms with van der Waals surface area (Å²) in [5.41, 5.74) is 4.82. The van der Waals surface area contributed by atoms with Crippen molar-refractivity contribution in [3.8, 4) is 17.1 Å². The molecule has 0 bridgehead atoms. The van der Waals surface area contributed by atoms with Crippen molar-refractivity contribution >= 4 is 11.8 Å². The lowest BCUT2D eigenvalue weighted by Crippen LogP contribution is -2.35. The molecule has 6 heteroatoms. The molecule has 2 aromatic carbocycles. The zero-order valence-corrected chi connectivity index (χ0v) is 18.2. The Kier molecular flexibility index (Phi) is 6.33. The fourth-order valence-electron chi connectivity index (χ4n) is 3.63. The van der Waals surface area contributed by atoms with Gasteiger partial charge in [0.2, 0.25) is 0 Å². The van der Waals surface area contributed by atoms with Crippen molar-refractivity contribution in [1.29, 1.82) is 0 Å². The molecule has 4 rings (SSSR count). The molecule has 0 spiro atoms. The van der Waals surface area contributed by atoms with E-state index in [2.05, 4.69) is 82.0 Å². The van der Waals surface area contributed by atoms with Crippen molar-refractivity contribution in [1.82, 2.24) is 19.7 Å². The maximum Gasteiger partial charge on any atom is 0.195 e. The normalized spacial score (nSPS) is 15.2. The highest BCUT2D eigenvalue weighted by molar-refractivity contribution is 7.98. The smallest absolute Gasteiger partial charge is 0.195 e. The van der Waals surface area contributed by atoms with Gasteiger partial charge in [0.1, 0.15) is 0 Å². The number of aromatic nitrogens is 3. The monoisotopic (exact) mass is 408 g/mol. The van der Waals surface area contributed by atoms with Gasteiger partial charge in [0, 0.05) is 30.9 Å². The average Bonchev–Trinajstić information content (AvgIpc) is 3.19. The molecule has 1 aliphatic rings. The summed E-state index contributed by atoms with van der Waals surface area (Å²) in [5.74, 6) is 1.36. The van der Waals surface area contributed by atoms with Crippen LogP contribution in [0.5, 0.6) is 0 Å². The van der Waals surface area contributed by atoms with Gasteiger partial charge in [0.25, 0.3) is 0 Å². The number of hydrogen-bond acceptors (Lipinski definition) is 5. The quantitative estimate of drug-likeness (QED) is 0.557. The number of hydrogen-bond donors (Lipinski definition) is 0. The molecule has 0 atom stereocenters. The van der Waals surface area contributed by atoms with Gasteiger partial charge in [-0.2, -0.15) is 0 Å². The van der Waals surface area contributed by atoms with E-state index < -0.39 is 0 Å². The predicted octanol–water partition coefficient (Wildman–Crippen LogP) is 4.61. The Hall–Kier alpha value is -2.15. The van der Waals surface area contributed by atoms with E-state index in [-0.39, 0.29) is 0 Å². The van der Waals surface area contributed by atoms with E-state index >= 15 is 0 Å². The van der Waals surface area contributed by atoms with Gasteiger partial charge in [-0.15, -0.1) is 10.2 Å². The van der Waals surface area contributed by atoms with Gasteiger partial charge in [-0.05, 0) is 41.5 Å². The molecule has 0 amide bonds. The molecule has 0 radical (unpaired) electrons. The SMILES string of the molecule is CSc1nnc(-c2cccc(C(C)C)c2)n1-c1ccc(CN2CCOCC2)cc1. The number of thioether (sulfide) groups is 1. The third-order valence-corrected chi connectivity index (χ3v) is 5.96. The van der Waals surface area contributed by atoms with Crippen molar-refractivity contribution in [3.05, 3.63) is 59.7 Å². The van der Waals surface area contributed by atoms with E-state index in [4.69, 9.17) is 4.74 Å². The standard InChI is InChI=1S/C23H28N4OS/c1-17(2)19-5-4-6-20(15-19)22-24-25-23(29-3)27(22)21-9-7-18(8-10-21)16-26-11-13-28-14-12-26/h4-10,15,17H,11-14,16H2,1-3H3. The van der Waals surface area contributed by atoms with Crippen LogP contribution in [-0.4, -0.2) is 52.2 Å². The summed E-state index contributed by atoms with van der Waals surface area (Å²) in [6.45, 7) is 9.04. The van der Waals surface area contributed by atoms with Crippen LogP contribution in [0.25, 0.3) is 17.1 Å². The Morgan fingerprint density at radius 1 is 1.03 bits per heavy atom. The largest absolute Gasteiger partial charge is 0.379 e. The van der Waals surface area contributed by atoms with Crippen LogP contribution in [0.15, 0.2) is 53.7 Å². The first kappa shape index (κ1) is 20.1. The topological polar surface area (TPSA) is 43.2 Å². The maximum atomic E-state index is 5.45. The summed E-state index contributed by atoms with van der Waals surface area (Å²) in [7, 11) is 0. The molecule has 0 N–H and O–H groups in total. The summed E-state index contributed by atoms with van der Waals surface area (Å²) < 4.78 is 7.60. The number of rotatable bonds is 6. The summed E-state index contributed by atoms with van der Waals surface area (Å²) in [6.07, 6.45) is 2.04. The van der Waals surface area contributed by atoms with Crippen LogP contribution < -0.4 is 0 Å².